The number of carbonyl (C=O) groups is 1. The largest absolute Gasteiger partial charge is 0.335 e. The van der Waals surface area contributed by atoms with Gasteiger partial charge in [0.15, 0.2) is 0 Å². The van der Waals surface area contributed by atoms with E-state index in [1.807, 2.05) is 29.4 Å². The van der Waals surface area contributed by atoms with Crippen LogP contribution in [-0.2, 0) is 0 Å². The molecule has 0 heterocycles. The number of halogens is 2. The summed E-state index contributed by atoms with van der Waals surface area (Å²) < 4.78 is 0. The molecule has 2 rings (SSSR count). The van der Waals surface area contributed by atoms with Crippen LogP contribution in [0, 0.1) is 0 Å². The van der Waals surface area contributed by atoms with Crippen LogP contribution in [0.15, 0.2) is 23.1 Å². The second-order valence-corrected chi connectivity index (χ2v) is 7.40. The van der Waals surface area contributed by atoms with Gasteiger partial charge < -0.3 is 4.90 Å². The zero-order valence-electron chi connectivity index (χ0n) is 12.3. The lowest BCUT2D eigenvalue weighted by Crippen LogP contribution is -2.42. The molecule has 1 aliphatic carbocycles. The van der Waals surface area contributed by atoms with Crippen molar-refractivity contribution in [1.82, 2.24) is 4.90 Å². The van der Waals surface area contributed by atoms with Crippen LogP contribution in [-0.4, -0.2) is 35.0 Å². The van der Waals surface area contributed by atoms with E-state index in [-0.39, 0.29) is 5.91 Å². The van der Waals surface area contributed by atoms with E-state index < -0.39 is 0 Å². The van der Waals surface area contributed by atoms with Crippen molar-refractivity contribution in [2.45, 2.75) is 43.0 Å². The highest BCUT2D eigenvalue weighted by Gasteiger charge is 2.27. The summed E-state index contributed by atoms with van der Waals surface area (Å²) >= 11 is 11.4. The van der Waals surface area contributed by atoms with E-state index in [1.54, 1.807) is 11.8 Å². The van der Waals surface area contributed by atoms with E-state index in [4.69, 9.17) is 11.6 Å². The first-order chi connectivity index (χ1) is 10.2. The molecule has 0 unspecified atom stereocenters. The molecule has 1 aliphatic rings. The summed E-state index contributed by atoms with van der Waals surface area (Å²) in [7, 11) is 0. The minimum atomic E-state index is 0.0715. The summed E-state index contributed by atoms with van der Waals surface area (Å²) in [6.07, 6.45) is 7.95. The van der Waals surface area contributed by atoms with Gasteiger partial charge in [-0.25, -0.2) is 0 Å². The molecule has 0 aliphatic heterocycles. The van der Waals surface area contributed by atoms with Crippen LogP contribution in [0.5, 0.6) is 0 Å². The predicted molar refractivity (Wildman–Crippen MR) is 94.9 cm³/mol. The quantitative estimate of drug-likeness (QED) is 0.506. The summed E-state index contributed by atoms with van der Waals surface area (Å²) in [6.45, 7) is 0.739. The molecule has 1 saturated carbocycles. The van der Waals surface area contributed by atoms with Gasteiger partial charge in [-0.05, 0) is 37.3 Å². The van der Waals surface area contributed by atoms with Gasteiger partial charge in [-0.15, -0.1) is 11.8 Å². The highest BCUT2D eigenvalue weighted by Crippen LogP contribution is 2.28. The van der Waals surface area contributed by atoms with Gasteiger partial charge in [0, 0.05) is 22.8 Å². The Kier molecular flexibility index (Phi) is 6.90. The number of amides is 1. The standard InChI is InChI=1S/C16H21BrClNOS/c1-21-13-7-8-15(18)14(11-13)16(20)19(10-9-17)12-5-3-2-4-6-12/h7-8,11-12H,2-6,9-10H2,1H3. The summed E-state index contributed by atoms with van der Waals surface area (Å²) in [6, 6.07) is 6.06. The lowest BCUT2D eigenvalue weighted by molar-refractivity contribution is 0.0651. The molecule has 21 heavy (non-hydrogen) atoms. The normalized spacial score (nSPS) is 16.0. The van der Waals surface area contributed by atoms with Crippen molar-refractivity contribution < 1.29 is 4.79 Å². The third-order valence-electron chi connectivity index (χ3n) is 4.01. The molecule has 0 aromatic heterocycles. The first kappa shape index (κ1) is 17.2. The molecule has 0 saturated heterocycles. The fourth-order valence-electron chi connectivity index (χ4n) is 2.88. The molecule has 1 aromatic carbocycles. The highest BCUT2D eigenvalue weighted by atomic mass is 79.9. The molecular formula is C16H21BrClNOS. The van der Waals surface area contributed by atoms with Crippen LogP contribution in [0.3, 0.4) is 0 Å². The Labute approximate surface area is 144 Å². The first-order valence-electron chi connectivity index (χ1n) is 7.38. The molecule has 2 nitrogen and oxygen atoms in total. The second kappa shape index (κ2) is 8.44. The van der Waals surface area contributed by atoms with Crippen molar-refractivity contribution in [3.63, 3.8) is 0 Å². The Balaban J connectivity index is 2.24. The van der Waals surface area contributed by atoms with E-state index in [0.717, 1.165) is 29.6 Å². The Morgan fingerprint density at radius 3 is 2.71 bits per heavy atom. The zero-order valence-corrected chi connectivity index (χ0v) is 15.4. The van der Waals surface area contributed by atoms with E-state index in [2.05, 4.69) is 15.9 Å². The van der Waals surface area contributed by atoms with Crippen molar-refractivity contribution in [3.05, 3.63) is 28.8 Å². The Morgan fingerprint density at radius 1 is 1.38 bits per heavy atom. The fraction of sp³-hybridized carbons (Fsp3) is 0.562. The van der Waals surface area contributed by atoms with Gasteiger partial charge in [0.05, 0.1) is 10.6 Å². The van der Waals surface area contributed by atoms with Crippen LogP contribution in [0.4, 0.5) is 0 Å². The Hall–Kier alpha value is -0.190. The van der Waals surface area contributed by atoms with Crippen molar-refractivity contribution in [1.29, 1.82) is 0 Å². The van der Waals surface area contributed by atoms with Gasteiger partial charge in [-0.2, -0.15) is 0 Å². The monoisotopic (exact) mass is 389 g/mol. The molecule has 0 N–H and O–H groups in total. The number of benzene rings is 1. The molecule has 1 fully saturated rings. The maximum atomic E-state index is 12.9. The van der Waals surface area contributed by atoms with Crippen molar-refractivity contribution in [2.75, 3.05) is 18.1 Å². The summed E-state index contributed by atoms with van der Waals surface area (Å²) in [4.78, 5) is 16.0. The molecule has 5 heteroatoms. The predicted octanol–water partition coefficient (Wildman–Crippen LogP) is 5.23. The average molecular weight is 391 g/mol. The molecule has 0 bridgehead atoms. The third kappa shape index (κ3) is 4.40. The van der Waals surface area contributed by atoms with Gasteiger partial charge >= 0.3 is 0 Å². The second-order valence-electron chi connectivity index (χ2n) is 5.33. The number of rotatable bonds is 5. The van der Waals surface area contributed by atoms with Gasteiger partial charge in [0.2, 0.25) is 0 Å². The van der Waals surface area contributed by atoms with Gasteiger partial charge in [-0.1, -0.05) is 46.8 Å². The lowest BCUT2D eigenvalue weighted by Gasteiger charge is -2.34. The van der Waals surface area contributed by atoms with E-state index in [1.165, 1.54) is 19.3 Å². The van der Waals surface area contributed by atoms with Crippen molar-refractivity contribution >= 4 is 45.2 Å². The number of thioether (sulfide) groups is 1. The van der Waals surface area contributed by atoms with E-state index in [9.17, 15) is 4.79 Å². The number of hydrogen-bond acceptors (Lipinski definition) is 2. The first-order valence-corrected chi connectivity index (χ1v) is 10.1. The van der Waals surface area contributed by atoms with Crippen LogP contribution in [0.25, 0.3) is 0 Å². The topological polar surface area (TPSA) is 20.3 Å². The molecule has 1 aromatic rings. The van der Waals surface area contributed by atoms with Crippen LogP contribution >= 0.6 is 39.3 Å². The van der Waals surface area contributed by atoms with Gasteiger partial charge in [0.1, 0.15) is 0 Å². The number of hydrogen-bond donors (Lipinski definition) is 0. The van der Waals surface area contributed by atoms with E-state index >= 15 is 0 Å². The summed E-state index contributed by atoms with van der Waals surface area (Å²) in [5.41, 5.74) is 0.634. The van der Waals surface area contributed by atoms with Crippen molar-refractivity contribution in [2.24, 2.45) is 0 Å². The molecule has 0 atom stereocenters. The highest BCUT2D eigenvalue weighted by molar-refractivity contribution is 9.09. The van der Waals surface area contributed by atoms with Gasteiger partial charge in [-0.3, -0.25) is 4.79 Å². The van der Waals surface area contributed by atoms with Crippen molar-refractivity contribution in [3.8, 4) is 0 Å². The maximum Gasteiger partial charge on any atom is 0.255 e. The minimum Gasteiger partial charge on any atom is -0.335 e. The lowest BCUT2D eigenvalue weighted by atomic mass is 9.93. The molecular weight excluding hydrogens is 370 g/mol. The SMILES string of the molecule is CSc1ccc(Cl)c(C(=O)N(CCBr)C2CCCCC2)c1. The minimum absolute atomic E-state index is 0.0715. The maximum absolute atomic E-state index is 12.9. The van der Waals surface area contributed by atoms with Crippen LogP contribution in [0.1, 0.15) is 42.5 Å². The smallest absolute Gasteiger partial charge is 0.255 e. The average Bonchev–Trinajstić information content (AvgIpc) is 2.53. The van der Waals surface area contributed by atoms with Gasteiger partial charge in [0.25, 0.3) is 5.91 Å². The zero-order chi connectivity index (χ0) is 15.2. The summed E-state index contributed by atoms with van der Waals surface area (Å²) in [5, 5.41) is 1.35. The Morgan fingerprint density at radius 2 is 2.10 bits per heavy atom. The third-order valence-corrected chi connectivity index (χ3v) is 5.42. The number of carbonyl (C=O) groups excluding carboxylic acids is 1. The molecule has 116 valence electrons. The molecule has 0 radical (unpaired) electrons. The molecule has 0 spiro atoms. The number of alkyl halides is 1. The number of nitrogens with zero attached hydrogens (tertiary/aromatic N) is 1. The van der Waals surface area contributed by atoms with E-state index in [0.29, 0.717) is 16.6 Å². The van der Waals surface area contributed by atoms with Crippen LogP contribution < -0.4 is 0 Å². The molecule has 1 amide bonds. The fourth-order valence-corrected chi connectivity index (χ4v) is 3.90. The summed E-state index contributed by atoms with van der Waals surface area (Å²) in [5.74, 6) is 0.0715. The Bertz CT molecular complexity index is 491. The van der Waals surface area contributed by atoms with Crippen LogP contribution in [0.2, 0.25) is 5.02 Å².